The second-order valence-electron chi connectivity index (χ2n) is 4.27. The molecule has 0 aliphatic heterocycles. The Morgan fingerprint density at radius 1 is 1.33 bits per heavy atom. The number of aromatic nitrogens is 1. The molecule has 2 aromatic rings. The van der Waals surface area contributed by atoms with E-state index in [0.717, 1.165) is 24.5 Å². The number of aryl methyl sites for hydroxylation is 2. The van der Waals surface area contributed by atoms with Crippen LogP contribution in [0.4, 0.5) is 0 Å². The molecule has 2 rings (SSSR count). The van der Waals surface area contributed by atoms with E-state index in [1.807, 2.05) is 6.20 Å². The fourth-order valence-electron chi connectivity index (χ4n) is 1.69. The minimum Gasteiger partial charge on any atom is -0.306 e. The molecule has 4 heteroatoms. The normalized spacial score (nSPS) is 10.8. The molecule has 0 aliphatic rings. The Hall–Kier alpha value is -0.710. The van der Waals surface area contributed by atoms with Crippen LogP contribution in [-0.4, -0.2) is 4.98 Å². The fraction of sp³-hybridized carbons (Fsp3) is 0.357. The molecule has 0 saturated carbocycles. The summed E-state index contributed by atoms with van der Waals surface area (Å²) in [6.07, 6.45) is 3.05. The highest BCUT2D eigenvalue weighted by molar-refractivity contribution is 9.10. The van der Waals surface area contributed by atoms with Crippen LogP contribution in [0.1, 0.15) is 27.9 Å². The largest absolute Gasteiger partial charge is 0.306 e. The number of thiazole rings is 1. The van der Waals surface area contributed by atoms with Crippen LogP contribution in [0.5, 0.6) is 0 Å². The Labute approximate surface area is 121 Å². The van der Waals surface area contributed by atoms with E-state index in [0.29, 0.717) is 0 Å². The summed E-state index contributed by atoms with van der Waals surface area (Å²) < 4.78 is 1.17. The lowest BCUT2D eigenvalue weighted by Gasteiger charge is -2.06. The molecular weight excluding hydrogens is 308 g/mol. The van der Waals surface area contributed by atoms with Gasteiger partial charge in [-0.2, -0.15) is 0 Å². The predicted molar refractivity (Wildman–Crippen MR) is 80.9 cm³/mol. The zero-order chi connectivity index (χ0) is 13.0. The smallest absolute Gasteiger partial charge is 0.107 e. The number of nitrogens with zero attached hydrogens (tertiary/aromatic N) is 1. The second-order valence-corrected chi connectivity index (χ2v) is 6.33. The molecule has 0 aliphatic carbocycles. The Kier molecular flexibility index (Phi) is 4.92. The number of hydrogen-bond acceptors (Lipinski definition) is 3. The maximum Gasteiger partial charge on any atom is 0.107 e. The van der Waals surface area contributed by atoms with E-state index in [2.05, 4.69) is 58.3 Å². The molecule has 0 fully saturated rings. The summed E-state index contributed by atoms with van der Waals surface area (Å²) in [7, 11) is 0. The maximum atomic E-state index is 4.40. The van der Waals surface area contributed by atoms with Crippen molar-refractivity contribution >= 4 is 27.3 Å². The average Bonchev–Trinajstić information content (AvgIpc) is 2.80. The SMILES string of the molecule is CCc1cnc(CNCc2ccc(C)cc2Br)s1. The third-order valence-corrected chi connectivity index (χ3v) is 4.63. The minimum atomic E-state index is 0.838. The van der Waals surface area contributed by atoms with Crippen molar-refractivity contribution in [2.24, 2.45) is 0 Å². The van der Waals surface area contributed by atoms with Crippen LogP contribution >= 0.6 is 27.3 Å². The van der Waals surface area contributed by atoms with E-state index in [1.165, 1.54) is 20.5 Å². The van der Waals surface area contributed by atoms with Crippen molar-refractivity contribution in [2.75, 3.05) is 0 Å². The van der Waals surface area contributed by atoms with Gasteiger partial charge in [-0.05, 0) is 30.5 Å². The van der Waals surface area contributed by atoms with Crippen molar-refractivity contribution in [3.05, 3.63) is 49.9 Å². The summed E-state index contributed by atoms with van der Waals surface area (Å²) in [5.41, 5.74) is 2.56. The molecule has 1 aromatic carbocycles. The van der Waals surface area contributed by atoms with Crippen LogP contribution in [0.2, 0.25) is 0 Å². The third-order valence-electron chi connectivity index (χ3n) is 2.75. The van der Waals surface area contributed by atoms with E-state index < -0.39 is 0 Å². The number of rotatable bonds is 5. The standard InChI is InChI=1S/C14H17BrN2S/c1-3-12-8-17-14(18-12)9-16-7-11-5-4-10(2)6-13(11)15/h4-6,8,16H,3,7,9H2,1-2H3. The summed E-state index contributed by atoms with van der Waals surface area (Å²) in [6, 6.07) is 6.45. The highest BCUT2D eigenvalue weighted by Crippen LogP contribution is 2.18. The van der Waals surface area contributed by atoms with Gasteiger partial charge >= 0.3 is 0 Å². The van der Waals surface area contributed by atoms with Gasteiger partial charge in [-0.25, -0.2) is 4.98 Å². The van der Waals surface area contributed by atoms with Crippen LogP contribution in [0, 0.1) is 6.92 Å². The average molecular weight is 325 g/mol. The minimum absolute atomic E-state index is 0.838. The Bertz CT molecular complexity index is 522. The summed E-state index contributed by atoms with van der Waals surface area (Å²) >= 11 is 5.39. The molecule has 18 heavy (non-hydrogen) atoms. The Morgan fingerprint density at radius 2 is 2.17 bits per heavy atom. The quantitative estimate of drug-likeness (QED) is 0.896. The van der Waals surface area contributed by atoms with Crippen molar-refractivity contribution in [2.45, 2.75) is 33.4 Å². The monoisotopic (exact) mass is 324 g/mol. The van der Waals surface area contributed by atoms with Gasteiger partial charge in [0.2, 0.25) is 0 Å². The van der Waals surface area contributed by atoms with Crippen LogP contribution in [0.15, 0.2) is 28.9 Å². The Balaban J connectivity index is 1.88. The van der Waals surface area contributed by atoms with Crippen molar-refractivity contribution < 1.29 is 0 Å². The van der Waals surface area contributed by atoms with Crippen molar-refractivity contribution in [3.63, 3.8) is 0 Å². The predicted octanol–water partition coefficient (Wildman–Crippen LogP) is 4.07. The van der Waals surface area contributed by atoms with Gasteiger partial charge in [-0.15, -0.1) is 11.3 Å². The second kappa shape index (κ2) is 6.45. The van der Waals surface area contributed by atoms with Gasteiger partial charge in [0.1, 0.15) is 5.01 Å². The number of nitrogens with one attached hydrogen (secondary N) is 1. The van der Waals surface area contributed by atoms with Gasteiger partial charge in [-0.1, -0.05) is 35.0 Å². The number of halogens is 1. The van der Waals surface area contributed by atoms with Crippen molar-refractivity contribution in [1.29, 1.82) is 0 Å². The number of benzene rings is 1. The molecular formula is C14H17BrN2S. The van der Waals surface area contributed by atoms with Crippen LogP contribution < -0.4 is 5.32 Å². The summed E-state index contributed by atoms with van der Waals surface area (Å²) in [5.74, 6) is 0. The van der Waals surface area contributed by atoms with Gasteiger partial charge in [0.15, 0.2) is 0 Å². The van der Waals surface area contributed by atoms with Crippen molar-refractivity contribution in [3.8, 4) is 0 Å². The third kappa shape index (κ3) is 3.64. The highest BCUT2D eigenvalue weighted by Gasteiger charge is 2.02. The molecule has 1 aromatic heterocycles. The van der Waals surface area contributed by atoms with E-state index in [9.17, 15) is 0 Å². The van der Waals surface area contributed by atoms with E-state index in [1.54, 1.807) is 11.3 Å². The van der Waals surface area contributed by atoms with Crippen LogP contribution in [0.3, 0.4) is 0 Å². The van der Waals surface area contributed by atoms with Gasteiger partial charge in [0.25, 0.3) is 0 Å². The Morgan fingerprint density at radius 3 is 2.83 bits per heavy atom. The maximum absolute atomic E-state index is 4.40. The molecule has 1 heterocycles. The molecule has 0 saturated heterocycles. The fourth-order valence-corrected chi connectivity index (χ4v) is 3.16. The first kappa shape index (κ1) is 13.7. The van der Waals surface area contributed by atoms with Gasteiger partial charge < -0.3 is 5.32 Å². The van der Waals surface area contributed by atoms with E-state index >= 15 is 0 Å². The molecule has 0 radical (unpaired) electrons. The highest BCUT2D eigenvalue weighted by atomic mass is 79.9. The van der Waals surface area contributed by atoms with Gasteiger partial charge in [0, 0.05) is 28.6 Å². The zero-order valence-electron chi connectivity index (χ0n) is 10.7. The van der Waals surface area contributed by atoms with Crippen LogP contribution in [-0.2, 0) is 19.5 Å². The van der Waals surface area contributed by atoms with E-state index in [4.69, 9.17) is 0 Å². The number of hydrogen-bond donors (Lipinski definition) is 1. The first-order valence-electron chi connectivity index (χ1n) is 6.08. The lowest BCUT2D eigenvalue weighted by Crippen LogP contribution is -2.12. The molecule has 2 nitrogen and oxygen atoms in total. The van der Waals surface area contributed by atoms with Crippen molar-refractivity contribution in [1.82, 2.24) is 10.3 Å². The summed E-state index contributed by atoms with van der Waals surface area (Å²) in [6.45, 7) is 5.96. The molecule has 0 bridgehead atoms. The zero-order valence-corrected chi connectivity index (χ0v) is 13.1. The topological polar surface area (TPSA) is 24.9 Å². The summed E-state index contributed by atoms with van der Waals surface area (Å²) in [4.78, 5) is 5.75. The molecule has 0 amide bonds. The summed E-state index contributed by atoms with van der Waals surface area (Å²) in [5, 5.41) is 4.60. The first-order valence-corrected chi connectivity index (χ1v) is 7.69. The molecule has 0 spiro atoms. The molecule has 96 valence electrons. The van der Waals surface area contributed by atoms with E-state index in [-0.39, 0.29) is 0 Å². The molecule has 0 unspecified atom stereocenters. The van der Waals surface area contributed by atoms with Gasteiger partial charge in [0.05, 0.1) is 0 Å². The van der Waals surface area contributed by atoms with Crippen LogP contribution in [0.25, 0.3) is 0 Å². The van der Waals surface area contributed by atoms with Gasteiger partial charge in [-0.3, -0.25) is 0 Å². The molecule has 0 atom stereocenters. The lowest BCUT2D eigenvalue weighted by molar-refractivity contribution is 0.688. The lowest BCUT2D eigenvalue weighted by atomic mass is 10.1. The first-order chi connectivity index (χ1) is 8.69. The molecule has 1 N–H and O–H groups in total.